The number of methoxy groups -OCH3 is 1. The zero-order chi connectivity index (χ0) is 13.8. The maximum absolute atomic E-state index is 12.2. The molecule has 0 aromatic carbocycles. The Balaban J connectivity index is 2.13. The molecule has 6 nitrogen and oxygen atoms in total. The molecule has 0 saturated carbocycles. The van der Waals surface area contributed by atoms with E-state index >= 15 is 0 Å². The zero-order valence-corrected chi connectivity index (χ0v) is 11.2. The lowest BCUT2D eigenvalue weighted by Gasteiger charge is -2.23. The summed E-state index contributed by atoms with van der Waals surface area (Å²) >= 11 is 0. The third-order valence-corrected chi connectivity index (χ3v) is 3.23. The van der Waals surface area contributed by atoms with Crippen LogP contribution in [0, 0.1) is 0 Å². The summed E-state index contributed by atoms with van der Waals surface area (Å²) in [6, 6.07) is 1.46. The SMILES string of the molecule is C=CCN1CCC(N(C)c2nccc(OC)n2)C1=O. The van der Waals surface area contributed by atoms with Crippen molar-refractivity contribution < 1.29 is 9.53 Å². The van der Waals surface area contributed by atoms with Crippen molar-refractivity contribution in [3.05, 3.63) is 24.9 Å². The first-order valence-corrected chi connectivity index (χ1v) is 6.17. The molecule has 102 valence electrons. The number of likely N-dealkylation sites (N-methyl/N-ethyl adjacent to an activating group) is 1. The first kappa shape index (κ1) is 13.3. The molecule has 1 aromatic rings. The van der Waals surface area contributed by atoms with E-state index in [4.69, 9.17) is 4.74 Å². The molecule has 1 fully saturated rings. The topological polar surface area (TPSA) is 58.6 Å². The van der Waals surface area contributed by atoms with Crippen LogP contribution in [0.15, 0.2) is 24.9 Å². The molecule has 0 bridgehead atoms. The van der Waals surface area contributed by atoms with Gasteiger partial charge < -0.3 is 14.5 Å². The van der Waals surface area contributed by atoms with Gasteiger partial charge in [0.25, 0.3) is 0 Å². The summed E-state index contributed by atoms with van der Waals surface area (Å²) in [5, 5.41) is 0. The molecule has 0 N–H and O–H groups in total. The fraction of sp³-hybridized carbons (Fsp3) is 0.462. The Morgan fingerprint density at radius 2 is 2.47 bits per heavy atom. The first-order chi connectivity index (χ1) is 9.17. The number of rotatable bonds is 5. The Hall–Kier alpha value is -2.11. The number of anilines is 1. The number of likely N-dealkylation sites (tertiary alicyclic amines) is 1. The molecule has 2 rings (SSSR count). The van der Waals surface area contributed by atoms with Gasteiger partial charge in [0, 0.05) is 32.4 Å². The van der Waals surface area contributed by atoms with Crippen LogP contribution in [-0.2, 0) is 4.79 Å². The minimum Gasteiger partial charge on any atom is -0.481 e. The van der Waals surface area contributed by atoms with Crippen molar-refractivity contribution in [2.24, 2.45) is 0 Å². The van der Waals surface area contributed by atoms with Crippen molar-refractivity contribution in [3.63, 3.8) is 0 Å². The number of carbonyl (C=O) groups is 1. The van der Waals surface area contributed by atoms with Crippen molar-refractivity contribution in [2.75, 3.05) is 32.1 Å². The molecular formula is C13H18N4O2. The van der Waals surface area contributed by atoms with E-state index in [0.717, 1.165) is 13.0 Å². The Kier molecular flexibility index (Phi) is 3.99. The lowest BCUT2D eigenvalue weighted by molar-refractivity contribution is -0.128. The lowest BCUT2D eigenvalue weighted by Crippen LogP contribution is -2.40. The van der Waals surface area contributed by atoms with Crippen LogP contribution in [0.2, 0.25) is 0 Å². The molecule has 0 aliphatic carbocycles. The van der Waals surface area contributed by atoms with Crippen molar-refractivity contribution in [1.82, 2.24) is 14.9 Å². The van der Waals surface area contributed by atoms with E-state index in [1.807, 2.05) is 7.05 Å². The summed E-state index contributed by atoms with van der Waals surface area (Å²) in [5.41, 5.74) is 0. The van der Waals surface area contributed by atoms with Crippen LogP contribution in [0.4, 0.5) is 5.95 Å². The largest absolute Gasteiger partial charge is 0.481 e. The van der Waals surface area contributed by atoms with E-state index in [1.165, 1.54) is 0 Å². The van der Waals surface area contributed by atoms with Gasteiger partial charge in [0.15, 0.2) is 0 Å². The second kappa shape index (κ2) is 5.69. The second-order valence-corrected chi connectivity index (χ2v) is 4.39. The van der Waals surface area contributed by atoms with Gasteiger partial charge in [-0.1, -0.05) is 6.08 Å². The summed E-state index contributed by atoms with van der Waals surface area (Å²) in [6.45, 7) is 4.99. The molecule has 0 radical (unpaired) electrons. The van der Waals surface area contributed by atoms with Gasteiger partial charge in [-0.3, -0.25) is 4.79 Å². The quantitative estimate of drug-likeness (QED) is 0.731. The first-order valence-electron chi connectivity index (χ1n) is 6.17. The number of ether oxygens (including phenoxy) is 1. The van der Waals surface area contributed by atoms with E-state index in [1.54, 1.807) is 35.2 Å². The highest BCUT2D eigenvalue weighted by Gasteiger charge is 2.34. The number of hydrogen-bond donors (Lipinski definition) is 0. The molecular weight excluding hydrogens is 244 g/mol. The van der Waals surface area contributed by atoms with E-state index in [2.05, 4.69) is 16.5 Å². The van der Waals surface area contributed by atoms with Gasteiger partial charge in [0.05, 0.1) is 7.11 Å². The van der Waals surface area contributed by atoms with E-state index in [0.29, 0.717) is 18.4 Å². The fourth-order valence-electron chi connectivity index (χ4n) is 2.17. The van der Waals surface area contributed by atoms with Gasteiger partial charge in [0.1, 0.15) is 6.04 Å². The molecule has 1 atom stereocenters. The summed E-state index contributed by atoms with van der Waals surface area (Å²) in [7, 11) is 3.38. The smallest absolute Gasteiger partial charge is 0.245 e. The molecule has 6 heteroatoms. The predicted molar refractivity (Wildman–Crippen MR) is 72.2 cm³/mol. The maximum atomic E-state index is 12.2. The van der Waals surface area contributed by atoms with Gasteiger partial charge in [0.2, 0.25) is 17.7 Å². The fourth-order valence-corrected chi connectivity index (χ4v) is 2.17. The highest BCUT2D eigenvalue weighted by molar-refractivity contribution is 5.86. The minimum atomic E-state index is -0.216. The van der Waals surface area contributed by atoms with Crippen LogP contribution in [-0.4, -0.2) is 54.1 Å². The third kappa shape index (κ3) is 2.67. The van der Waals surface area contributed by atoms with Gasteiger partial charge in [-0.15, -0.1) is 6.58 Å². The highest BCUT2D eigenvalue weighted by atomic mass is 16.5. The molecule has 1 aliphatic heterocycles. The zero-order valence-electron chi connectivity index (χ0n) is 11.2. The molecule has 1 aliphatic rings. The van der Waals surface area contributed by atoms with Crippen molar-refractivity contribution in [1.29, 1.82) is 0 Å². The van der Waals surface area contributed by atoms with Crippen LogP contribution in [0.1, 0.15) is 6.42 Å². The van der Waals surface area contributed by atoms with E-state index < -0.39 is 0 Å². The average molecular weight is 262 g/mol. The summed E-state index contributed by atoms with van der Waals surface area (Å²) in [6.07, 6.45) is 4.13. The van der Waals surface area contributed by atoms with Gasteiger partial charge >= 0.3 is 0 Å². The minimum absolute atomic E-state index is 0.0915. The Morgan fingerprint density at radius 1 is 1.68 bits per heavy atom. The van der Waals surface area contributed by atoms with Crippen LogP contribution >= 0.6 is 0 Å². The van der Waals surface area contributed by atoms with E-state index in [9.17, 15) is 4.79 Å². The Labute approximate surface area is 112 Å². The van der Waals surface area contributed by atoms with Gasteiger partial charge in [-0.25, -0.2) is 4.98 Å². The van der Waals surface area contributed by atoms with Crippen molar-refractivity contribution in [3.8, 4) is 5.88 Å². The lowest BCUT2D eigenvalue weighted by atomic mass is 10.2. The molecule has 1 saturated heterocycles. The molecule has 1 aromatic heterocycles. The number of aromatic nitrogens is 2. The molecule has 19 heavy (non-hydrogen) atoms. The summed E-state index contributed by atoms with van der Waals surface area (Å²) in [5.74, 6) is 1.08. The van der Waals surface area contributed by atoms with Crippen LogP contribution < -0.4 is 9.64 Å². The Bertz CT molecular complexity index is 477. The maximum Gasteiger partial charge on any atom is 0.245 e. The monoisotopic (exact) mass is 262 g/mol. The molecule has 1 unspecified atom stereocenters. The van der Waals surface area contributed by atoms with Gasteiger partial charge in [-0.2, -0.15) is 4.98 Å². The standard InChI is InChI=1S/C13H18N4O2/c1-4-8-17-9-6-10(12(17)18)16(2)13-14-7-5-11(15-13)19-3/h4-5,7,10H,1,6,8-9H2,2-3H3. The van der Waals surface area contributed by atoms with E-state index in [-0.39, 0.29) is 11.9 Å². The normalized spacial score (nSPS) is 18.5. The second-order valence-electron chi connectivity index (χ2n) is 4.39. The van der Waals surface area contributed by atoms with Crippen LogP contribution in [0.3, 0.4) is 0 Å². The number of nitrogens with zero attached hydrogens (tertiary/aromatic N) is 4. The molecule has 2 heterocycles. The highest BCUT2D eigenvalue weighted by Crippen LogP contribution is 2.20. The Morgan fingerprint density at radius 3 is 3.16 bits per heavy atom. The van der Waals surface area contributed by atoms with Crippen molar-refractivity contribution >= 4 is 11.9 Å². The van der Waals surface area contributed by atoms with Crippen LogP contribution in [0.25, 0.3) is 0 Å². The third-order valence-electron chi connectivity index (χ3n) is 3.23. The van der Waals surface area contributed by atoms with Gasteiger partial charge in [-0.05, 0) is 6.42 Å². The number of carbonyl (C=O) groups excluding carboxylic acids is 1. The number of amides is 1. The summed E-state index contributed by atoms with van der Waals surface area (Å²) < 4.78 is 5.07. The molecule has 0 spiro atoms. The average Bonchev–Trinajstić information content (AvgIpc) is 2.80. The number of hydrogen-bond acceptors (Lipinski definition) is 5. The van der Waals surface area contributed by atoms with Crippen LogP contribution in [0.5, 0.6) is 5.88 Å². The van der Waals surface area contributed by atoms with Crippen molar-refractivity contribution in [2.45, 2.75) is 12.5 Å². The predicted octanol–water partition coefficient (Wildman–Crippen LogP) is 0.708. The molecule has 1 amide bonds. The summed E-state index contributed by atoms with van der Waals surface area (Å²) in [4.78, 5) is 24.2.